The SMILES string of the molecule is CCCCCOc1c(OC)ccc2cc(C(=O)NC3(C(=O)NC(C)C)CCCCC3)c(=O)[nH]c12. The van der Waals surface area contributed by atoms with E-state index in [2.05, 4.69) is 22.5 Å². The first-order valence-electron chi connectivity index (χ1n) is 12.3. The van der Waals surface area contributed by atoms with Crippen LogP contribution in [0.15, 0.2) is 23.0 Å². The third-order valence-corrected chi connectivity index (χ3v) is 6.31. The normalized spacial score (nSPS) is 15.2. The summed E-state index contributed by atoms with van der Waals surface area (Å²) in [6.07, 6.45) is 6.82. The first kappa shape index (κ1) is 25.6. The molecule has 0 aliphatic heterocycles. The number of benzene rings is 1. The summed E-state index contributed by atoms with van der Waals surface area (Å²) in [7, 11) is 1.55. The molecule has 3 N–H and O–H groups in total. The fourth-order valence-corrected chi connectivity index (χ4v) is 4.48. The minimum atomic E-state index is -1.01. The molecule has 1 heterocycles. The minimum Gasteiger partial charge on any atom is -0.493 e. The van der Waals surface area contributed by atoms with Gasteiger partial charge in [-0.2, -0.15) is 0 Å². The van der Waals surface area contributed by atoms with Gasteiger partial charge in [0.15, 0.2) is 11.5 Å². The number of aromatic amines is 1. The molecule has 1 aromatic carbocycles. The van der Waals surface area contributed by atoms with Crippen LogP contribution in [0.3, 0.4) is 0 Å². The number of fused-ring (bicyclic) bond motifs is 1. The van der Waals surface area contributed by atoms with E-state index in [1.54, 1.807) is 25.3 Å². The van der Waals surface area contributed by atoms with Crippen LogP contribution in [0.4, 0.5) is 0 Å². The molecule has 8 heteroatoms. The van der Waals surface area contributed by atoms with E-state index in [1.807, 2.05) is 13.8 Å². The first-order chi connectivity index (χ1) is 16.3. The Morgan fingerprint density at radius 3 is 2.53 bits per heavy atom. The summed E-state index contributed by atoms with van der Waals surface area (Å²) in [5.41, 5.74) is -1.08. The van der Waals surface area contributed by atoms with Gasteiger partial charge < -0.3 is 25.1 Å². The maximum Gasteiger partial charge on any atom is 0.261 e. The van der Waals surface area contributed by atoms with E-state index in [9.17, 15) is 14.4 Å². The van der Waals surface area contributed by atoms with Gasteiger partial charge in [-0.1, -0.05) is 39.0 Å². The van der Waals surface area contributed by atoms with Crippen molar-refractivity contribution in [3.63, 3.8) is 0 Å². The number of hydrogen-bond acceptors (Lipinski definition) is 5. The predicted molar refractivity (Wildman–Crippen MR) is 133 cm³/mol. The number of amides is 2. The van der Waals surface area contributed by atoms with Crippen LogP contribution < -0.4 is 25.7 Å². The number of nitrogens with one attached hydrogen (secondary N) is 3. The predicted octanol–water partition coefficient (Wildman–Crippen LogP) is 4.06. The van der Waals surface area contributed by atoms with Gasteiger partial charge in [0.05, 0.1) is 19.2 Å². The Labute approximate surface area is 200 Å². The fraction of sp³-hybridized carbons (Fsp3) is 0.577. The van der Waals surface area contributed by atoms with E-state index >= 15 is 0 Å². The molecule has 1 aromatic heterocycles. The molecule has 0 radical (unpaired) electrons. The third-order valence-electron chi connectivity index (χ3n) is 6.31. The topological polar surface area (TPSA) is 110 Å². The lowest BCUT2D eigenvalue weighted by Crippen LogP contribution is -2.61. The zero-order valence-corrected chi connectivity index (χ0v) is 20.7. The molecule has 0 spiro atoms. The van der Waals surface area contributed by atoms with Gasteiger partial charge in [0.2, 0.25) is 5.91 Å². The van der Waals surface area contributed by atoms with E-state index < -0.39 is 17.0 Å². The van der Waals surface area contributed by atoms with Gasteiger partial charge in [0.1, 0.15) is 11.1 Å². The number of aromatic nitrogens is 1. The highest BCUT2D eigenvalue weighted by atomic mass is 16.5. The molecule has 2 amide bonds. The molecule has 1 aliphatic carbocycles. The van der Waals surface area contributed by atoms with Crippen molar-refractivity contribution >= 4 is 22.7 Å². The van der Waals surface area contributed by atoms with Crippen molar-refractivity contribution in [2.45, 2.75) is 83.7 Å². The van der Waals surface area contributed by atoms with Crippen molar-refractivity contribution in [1.82, 2.24) is 15.6 Å². The Kier molecular flexibility index (Phi) is 8.58. The van der Waals surface area contributed by atoms with Crippen molar-refractivity contribution in [2.75, 3.05) is 13.7 Å². The maximum atomic E-state index is 13.3. The van der Waals surface area contributed by atoms with Crippen molar-refractivity contribution in [3.8, 4) is 11.5 Å². The van der Waals surface area contributed by atoms with Crippen molar-refractivity contribution < 1.29 is 19.1 Å². The molecule has 1 saturated carbocycles. The summed E-state index contributed by atoms with van der Waals surface area (Å²) in [5, 5.41) is 6.50. The summed E-state index contributed by atoms with van der Waals surface area (Å²) < 4.78 is 11.4. The molecule has 1 fully saturated rings. The van der Waals surface area contributed by atoms with Crippen LogP contribution in [-0.2, 0) is 4.79 Å². The monoisotopic (exact) mass is 471 g/mol. The minimum absolute atomic E-state index is 0.0307. The van der Waals surface area contributed by atoms with Gasteiger partial charge in [-0.3, -0.25) is 14.4 Å². The highest BCUT2D eigenvalue weighted by Crippen LogP contribution is 2.34. The quantitative estimate of drug-likeness (QED) is 0.453. The summed E-state index contributed by atoms with van der Waals surface area (Å²) in [6, 6.07) is 5.05. The molecule has 8 nitrogen and oxygen atoms in total. The Morgan fingerprint density at radius 1 is 1.15 bits per heavy atom. The van der Waals surface area contributed by atoms with E-state index in [0.29, 0.717) is 41.9 Å². The lowest BCUT2D eigenvalue weighted by Gasteiger charge is -2.37. The smallest absolute Gasteiger partial charge is 0.261 e. The standard InChI is InChI=1S/C26H37N3O5/c1-5-6-10-15-34-22-20(33-4)12-11-18-16-19(23(30)28-21(18)22)24(31)29-26(13-8-7-9-14-26)25(32)27-17(2)3/h11-12,16-17H,5-10,13-15H2,1-4H3,(H,27,32)(H,28,30)(H,29,31). The van der Waals surface area contributed by atoms with Crippen LogP contribution in [0.1, 0.15) is 82.5 Å². The number of carbonyl (C=O) groups excluding carboxylic acids is 2. The molecule has 0 bridgehead atoms. The number of unbranched alkanes of at least 4 members (excludes halogenated alkanes) is 2. The van der Waals surface area contributed by atoms with E-state index in [4.69, 9.17) is 9.47 Å². The fourth-order valence-electron chi connectivity index (χ4n) is 4.48. The van der Waals surface area contributed by atoms with Crippen LogP contribution in [0.2, 0.25) is 0 Å². The summed E-state index contributed by atoms with van der Waals surface area (Å²) in [4.78, 5) is 42.1. The summed E-state index contributed by atoms with van der Waals surface area (Å²) in [6.45, 7) is 6.40. The number of methoxy groups -OCH3 is 1. The molecular formula is C26H37N3O5. The van der Waals surface area contributed by atoms with Crippen LogP contribution in [-0.4, -0.2) is 42.1 Å². The number of pyridine rings is 1. The average molecular weight is 472 g/mol. The van der Waals surface area contributed by atoms with Gasteiger partial charge in [0, 0.05) is 11.4 Å². The van der Waals surface area contributed by atoms with Gasteiger partial charge in [-0.05, 0) is 51.3 Å². The Balaban J connectivity index is 1.93. The van der Waals surface area contributed by atoms with Crippen LogP contribution in [0.5, 0.6) is 11.5 Å². The first-order valence-corrected chi connectivity index (χ1v) is 12.3. The zero-order valence-electron chi connectivity index (χ0n) is 20.7. The van der Waals surface area contributed by atoms with Gasteiger partial charge in [-0.25, -0.2) is 0 Å². The molecule has 3 rings (SSSR count). The van der Waals surface area contributed by atoms with E-state index in [1.165, 1.54) is 0 Å². The van der Waals surface area contributed by atoms with Gasteiger partial charge in [-0.15, -0.1) is 0 Å². The van der Waals surface area contributed by atoms with E-state index in [0.717, 1.165) is 38.5 Å². The largest absolute Gasteiger partial charge is 0.493 e. The second-order valence-corrected chi connectivity index (χ2v) is 9.35. The molecule has 34 heavy (non-hydrogen) atoms. The number of H-pyrrole nitrogens is 1. The van der Waals surface area contributed by atoms with E-state index in [-0.39, 0.29) is 17.5 Å². The number of rotatable bonds is 10. The summed E-state index contributed by atoms with van der Waals surface area (Å²) >= 11 is 0. The summed E-state index contributed by atoms with van der Waals surface area (Å²) in [5.74, 6) is 0.231. The molecule has 1 aliphatic rings. The van der Waals surface area contributed by atoms with Gasteiger partial charge in [0.25, 0.3) is 11.5 Å². The second kappa shape index (κ2) is 11.4. The van der Waals surface area contributed by atoms with Crippen LogP contribution in [0, 0.1) is 0 Å². The number of ether oxygens (including phenoxy) is 2. The molecular weight excluding hydrogens is 434 g/mol. The highest BCUT2D eigenvalue weighted by molar-refractivity contribution is 6.01. The van der Waals surface area contributed by atoms with Gasteiger partial charge >= 0.3 is 0 Å². The number of carbonyl (C=O) groups is 2. The second-order valence-electron chi connectivity index (χ2n) is 9.35. The molecule has 0 unspecified atom stereocenters. The van der Waals surface area contributed by atoms with Crippen LogP contribution >= 0.6 is 0 Å². The average Bonchev–Trinajstić information content (AvgIpc) is 2.81. The van der Waals surface area contributed by atoms with Crippen LogP contribution in [0.25, 0.3) is 10.9 Å². The van der Waals surface area contributed by atoms with Crippen molar-refractivity contribution in [2.24, 2.45) is 0 Å². The highest BCUT2D eigenvalue weighted by Gasteiger charge is 2.41. The molecule has 186 valence electrons. The lowest BCUT2D eigenvalue weighted by molar-refractivity contribution is -0.129. The zero-order chi connectivity index (χ0) is 24.7. The Hall–Kier alpha value is -3.03. The number of hydrogen-bond donors (Lipinski definition) is 3. The van der Waals surface area contributed by atoms with Crippen molar-refractivity contribution in [1.29, 1.82) is 0 Å². The lowest BCUT2D eigenvalue weighted by atomic mass is 9.80. The maximum absolute atomic E-state index is 13.3. The third kappa shape index (κ3) is 5.72. The molecule has 2 aromatic rings. The molecule has 0 saturated heterocycles. The van der Waals surface area contributed by atoms with Crippen molar-refractivity contribution in [3.05, 3.63) is 34.1 Å². The Bertz CT molecular complexity index is 1070. The molecule has 0 atom stereocenters. The Morgan fingerprint density at radius 2 is 1.88 bits per heavy atom.